The Hall–Kier alpha value is -1.83. The number of aromatic nitrogens is 1. The van der Waals surface area contributed by atoms with Crippen molar-refractivity contribution in [2.75, 3.05) is 7.11 Å². The summed E-state index contributed by atoms with van der Waals surface area (Å²) in [5, 5.41) is 0. The minimum absolute atomic E-state index is 0.904. The summed E-state index contributed by atoms with van der Waals surface area (Å²) >= 11 is 0. The second kappa shape index (κ2) is 5.00. The number of methoxy groups -OCH3 is 1. The molecule has 2 aromatic rings. The molecular weight excluding hydrogens is 210 g/mol. The summed E-state index contributed by atoms with van der Waals surface area (Å²) in [5.74, 6) is 0.904. The highest BCUT2D eigenvalue weighted by atomic mass is 16.5. The Morgan fingerprint density at radius 1 is 1.18 bits per heavy atom. The molecule has 1 aromatic heterocycles. The van der Waals surface area contributed by atoms with E-state index in [1.54, 1.807) is 7.11 Å². The van der Waals surface area contributed by atoms with E-state index in [4.69, 9.17) is 4.74 Å². The Bertz CT molecular complexity index is 520. The summed E-state index contributed by atoms with van der Waals surface area (Å²) < 4.78 is 7.44. The second-order valence-electron chi connectivity index (χ2n) is 4.07. The molecule has 17 heavy (non-hydrogen) atoms. The lowest BCUT2D eigenvalue weighted by molar-refractivity contribution is -0.660. The Labute approximate surface area is 102 Å². The van der Waals surface area contributed by atoms with Gasteiger partial charge in [-0.15, -0.1) is 0 Å². The summed E-state index contributed by atoms with van der Waals surface area (Å²) in [7, 11) is 3.77. The van der Waals surface area contributed by atoms with Gasteiger partial charge in [0.1, 0.15) is 12.8 Å². The van der Waals surface area contributed by atoms with Gasteiger partial charge in [0.15, 0.2) is 6.20 Å². The van der Waals surface area contributed by atoms with Gasteiger partial charge in [0.2, 0.25) is 5.69 Å². The molecule has 88 valence electrons. The highest BCUT2D eigenvalue weighted by molar-refractivity contribution is 5.63. The molecule has 0 unspecified atom stereocenters. The molecule has 0 amide bonds. The first kappa shape index (κ1) is 11.6. The average molecular weight is 228 g/mol. The Kier molecular flexibility index (Phi) is 3.43. The van der Waals surface area contributed by atoms with E-state index >= 15 is 0 Å². The third-order valence-electron chi connectivity index (χ3n) is 3.03. The van der Waals surface area contributed by atoms with E-state index in [1.165, 1.54) is 16.8 Å². The van der Waals surface area contributed by atoms with E-state index in [0.717, 1.165) is 12.2 Å². The van der Waals surface area contributed by atoms with Crippen LogP contribution in [0, 0.1) is 0 Å². The lowest BCUT2D eigenvalue weighted by Gasteiger charge is -2.08. The molecule has 0 radical (unpaired) electrons. The molecule has 0 N–H and O–H groups in total. The summed E-state index contributed by atoms with van der Waals surface area (Å²) in [6, 6.07) is 12.5. The van der Waals surface area contributed by atoms with E-state index in [2.05, 4.69) is 49.0 Å². The lowest BCUT2D eigenvalue weighted by atomic mass is 10.0. The summed E-state index contributed by atoms with van der Waals surface area (Å²) in [6.07, 6.45) is 3.09. The second-order valence-corrected chi connectivity index (χ2v) is 4.07. The summed E-state index contributed by atoms with van der Waals surface area (Å²) in [6.45, 7) is 2.17. The third kappa shape index (κ3) is 2.31. The quantitative estimate of drug-likeness (QED) is 0.736. The molecule has 0 aliphatic carbocycles. The van der Waals surface area contributed by atoms with Crippen LogP contribution < -0.4 is 9.30 Å². The van der Waals surface area contributed by atoms with Crippen molar-refractivity contribution < 1.29 is 9.30 Å². The minimum Gasteiger partial charge on any atom is -0.497 e. The largest absolute Gasteiger partial charge is 0.497 e. The molecule has 0 spiro atoms. The summed E-state index contributed by atoms with van der Waals surface area (Å²) in [5.41, 5.74) is 3.80. The van der Waals surface area contributed by atoms with Crippen LogP contribution >= 0.6 is 0 Å². The first-order valence-corrected chi connectivity index (χ1v) is 5.88. The molecule has 2 rings (SSSR count). The number of aryl methyl sites for hydroxylation is 2. The Balaban J connectivity index is 2.60. The van der Waals surface area contributed by atoms with Crippen molar-refractivity contribution in [1.82, 2.24) is 0 Å². The van der Waals surface area contributed by atoms with Gasteiger partial charge in [-0.2, -0.15) is 0 Å². The SMILES string of the molecule is CCc1ccc(OC)cc1-c1cccc[n+]1C. The van der Waals surface area contributed by atoms with Crippen LogP contribution in [0.1, 0.15) is 12.5 Å². The molecule has 0 aliphatic heterocycles. The van der Waals surface area contributed by atoms with Gasteiger partial charge in [-0.3, -0.25) is 0 Å². The number of pyridine rings is 1. The van der Waals surface area contributed by atoms with Gasteiger partial charge in [-0.05, 0) is 30.2 Å². The predicted octanol–water partition coefficient (Wildman–Crippen LogP) is 2.75. The number of nitrogens with zero attached hydrogens (tertiary/aromatic N) is 1. The first-order valence-electron chi connectivity index (χ1n) is 5.88. The fourth-order valence-electron chi connectivity index (χ4n) is 2.03. The van der Waals surface area contributed by atoms with Crippen LogP contribution in [0.2, 0.25) is 0 Å². The van der Waals surface area contributed by atoms with Crippen LogP contribution in [0.4, 0.5) is 0 Å². The van der Waals surface area contributed by atoms with Crippen LogP contribution in [0.5, 0.6) is 5.75 Å². The predicted molar refractivity (Wildman–Crippen MR) is 69.0 cm³/mol. The van der Waals surface area contributed by atoms with Crippen molar-refractivity contribution in [3.8, 4) is 17.0 Å². The normalized spacial score (nSPS) is 10.3. The molecule has 0 saturated heterocycles. The molecule has 0 fully saturated rings. The minimum atomic E-state index is 0.904. The van der Waals surface area contributed by atoms with Crippen molar-refractivity contribution in [3.63, 3.8) is 0 Å². The molecule has 2 heteroatoms. The number of ether oxygens (including phenoxy) is 1. The lowest BCUT2D eigenvalue weighted by Crippen LogP contribution is -2.30. The fraction of sp³-hybridized carbons (Fsp3) is 0.267. The maximum absolute atomic E-state index is 5.31. The highest BCUT2D eigenvalue weighted by Crippen LogP contribution is 2.26. The number of benzene rings is 1. The Morgan fingerprint density at radius 3 is 2.65 bits per heavy atom. The average Bonchev–Trinajstić information content (AvgIpc) is 2.38. The zero-order valence-corrected chi connectivity index (χ0v) is 10.6. The maximum atomic E-state index is 5.31. The molecule has 0 saturated carbocycles. The van der Waals surface area contributed by atoms with Crippen molar-refractivity contribution in [2.24, 2.45) is 7.05 Å². The van der Waals surface area contributed by atoms with Crippen molar-refractivity contribution >= 4 is 0 Å². The van der Waals surface area contributed by atoms with Crippen LogP contribution in [0.3, 0.4) is 0 Å². The van der Waals surface area contributed by atoms with E-state index in [1.807, 2.05) is 12.1 Å². The topological polar surface area (TPSA) is 13.1 Å². The van der Waals surface area contributed by atoms with E-state index in [0.29, 0.717) is 0 Å². The fourth-order valence-corrected chi connectivity index (χ4v) is 2.03. The maximum Gasteiger partial charge on any atom is 0.212 e. The van der Waals surface area contributed by atoms with E-state index < -0.39 is 0 Å². The van der Waals surface area contributed by atoms with Gasteiger partial charge in [0.05, 0.1) is 12.7 Å². The van der Waals surface area contributed by atoms with Crippen molar-refractivity contribution in [3.05, 3.63) is 48.2 Å². The number of hydrogen-bond acceptors (Lipinski definition) is 1. The van der Waals surface area contributed by atoms with Gasteiger partial charge in [-0.25, -0.2) is 4.57 Å². The molecule has 0 bridgehead atoms. The van der Waals surface area contributed by atoms with Gasteiger partial charge in [0.25, 0.3) is 0 Å². The Morgan fingerprint density at radius 2 is 2.00 bits per heavy atom. The van der Waals surface area contributed by atoms with Gasteiger partial charge >= 0.3 is 0 Å². The first-order chi connectivity index (χ1) is 8.26. The number of hydrogen-bond donors (Lipinski definition) is 0. The van der Waals surface area contributed by atoms with Crippen molar-refractivity contribution in [2.45, 2.75) is 13.3 Å². The molecule has 2 nitrogen and oxygen atoms in total. The van der Waals surface area contributed by atoms with Gasteiger partial charge < -0.3 is 4.74 Å². The molecule has 1 heterocycles. The number of rotatable bonds is 3. The third-order valence-corrected chi connectivity index (χ3v) is 3.03. The zero-order valence-electron chi connectivity index (χ0n) is 10.6. The molecule has 0 aliphatic rings. The smallest absolute Gasteiger partial charge is 0.212 e. The molecule has 1 aromatic carbocycles. The monoisotopic (exact) mass is 228 g/mol. The van der Waals surface area contributed by atoms with Crippen LogP contribution in [-0.2, 0) is 13.5 Å². The van der Waals surface area contributed by atoms with E-state index in [-0.39, 0.29) is 0 Å². The zero-order chi connectivity index (χ0) is 12.3. The van der Waals surface area contributed by atoms with Crippen molar-refractivity contribution in [1.29, 1.82) is 0 Å². The standard InChI is InChI=1S/C15H18NO/c1-4-12-8-9-13(17-3)11-14(12)15-7-5-6-10-16(15)2/h5-11H,4H2,1-3H3/q+1. The van der Waals surface area contributed by atoms with Gasteiger partial charge in [-0.1, -0.05) is 13.0 Å². The van der Waals surface area contributed by atoms with Crippen LogP contribution in [0.15, 0.2) is 42.6 Å². The molecule has 0 atom stereocenters. The summed E-state index contributed by atoms with van der Waals surface area (Å²) in [4.78, 5) is 0. The highest BCUT2D eigenvalue weighted by Gasteiger charge is 2.13. The van der Waals surface area contributed by atoms with Crippen LogP contribution in [0.25, 0.3) is 11.3 Å². The van der Waals surface area contributed by atoms with E-state index in [9.17, 15) is 0 Å². The van der Waals surface area contributed by atoms with Gasteiger partial charge in [0, 0.05) is 12.1 Å². The molecular formula is C15H18NO+. The van der Waals surface area contributed by atoms with Crippen LogP contribution in [-0.4, -0.2) is 7.11 Å².